The van der Waals surface area contributed by atoms with E-state index in [1.165, 1.54) is 37.1 Å². The third-order valence-electron chi connectivity index (χ3n) is 4.89. The molecule has 26 heavy (non-hydrogen) atoms. The number of benzene rings is 2. The molecule has 1 heterocycles. The average Bonchev–Trinajstić information content (AvgIpc) is 3.15. The number of aryl methyl sites for hydroxylation is 1. The lowest BCUT2D eigenvalue weighted by atomic mass is 10.1. The summed E-state index contributed by atoms with van der Waals surface area (Å²) in [5, 5.41) is 3.06. The van der Waals surface area contributed by atoms with Gasteiger partial charge in [0.25, 0.3) is 5.91 Å². The maximum Gasteiger partial charge on any atom is 0.251 e. The third kappa shape index (κ3) is 4.64. The van der Waals surface area contributed by atoms with Crippen molar-refractivity contribution in [1.29, 1.82) is 0 Å². The van der Waals surface area contributed by atoms with E-state index in [1.807, 2.05) is 38.1 Å². The maximum absolute atomic E-state index is 12.5. The van der Waals surface area contributed by atoms with Crippen LogP contribution in [0, 0.1) is 6.92 Å². The number of carbonyl (C=O) groups is 1. The van der Waals surface area contributed by atoms with Crippen LogP contribution in [0.5, 0.6) is 5.75 Å². The van der Waals surface area contributed by atoms with Gasteiger partial charge in [0, 0.05) is 18.7 Å². The van der Waals surface area contributed by atoms with Crippen molar-refractivity contribution < 1.29 is 9.53 Å². The average molecular weight is 352 g/mol. The molecule has 2 aromatic carbocycles. The first kappa shape index (κ1) is 18.5. The first-order valence-corrected chi connectivity index (χ1v) is 9.48. The van der Waals surface area contributed by atoms with Crippen LogP contribution in [0.3, 0.4) is 0 Å². The largest absolute Gasteiger partial charge is 0.494 e. The second-order valence-corrected chi connectivity index (χ2v) is 6.85. The lowest BCUT2D eigenvalue weighted by Gasteiger charge is -2.18. The molecule has 2 aromatic rings. The fourth-order valence-electron chi connectivity index (χ4n) is 3.45. The van der Waals surface area contributed by atoms with E-state index in [0.29, 0.717) is 18.7 Å². The Labute approximate surface area is 156 Å². The Hall–Kier alpha value is -2.33. The number of nitrogens with zero attached hydrogens (tertiary/aromatic N) is 1. The summed E-state index contributed by atoms with van der Waals surface area (Å²) in [6.45, 7) is 8.41. The molecule has 0 unspecified atom stereocenters. The number of ether oxygens (including phenoxy) is 1. The standard InChI is InChI=1S/C22H28N2O2/c1-3-26-21-11-10-18(14-17(21)2)22(25)23-15-19-8-4-5-9-20(19)16-24-12-6-7-13-24/h4-5,8-11,14H,3,6-7,12-13,15-16H2,1-2H3,(H,23,25). The summed E-state index contributed by atoms with van der Waals surface area (Å²) >= 11 is 0. The van der Waals surface area contributed by atoms with E-state index < -0.39 is 0 Å². The Morgan fingerprint density at radius 3 is 2.54 bits per heavy atom. The van der Waals surface area contributed by atoms with Crippen molar-refractivity contribution in [3.63, 3.8) is 0 Å². The van der Waals surface area contributed by atoms with E-state index in [2.05, 4.69) is 28.4 Å². The zero-order valence-electron chi connectivity index (χ0n) is 15.8. The van der Waals surface area contributed by atoms with E-state index >= 15 is 0 Å². The molecule has 4 nitrogen and oxygen atoms in total. The van der Waals surface area contributed by atoms with Crippen molar-refractivity contribution in [2.75, 3.05) is 19.7 Å². The number of carbonyl (C=O) groups excluding carboxylic acids is 1. The Balaban J connectivity index is 1.63. The minimum absolute atomic E-state index is 0.0490. The summed E-state index contributed by atoms with van der Waals surface area (Å²) in [7, 11) is 0. The number of amides is 1. The van der Waals surface area contributed by atoms with Crippen LogP contribution in [-0.2, 0) is 13.1 Å². The van der Waals surface area contributed by atoms with Gasteiger partial charge in [-0.2, -0.15) is 0 Å². The van der Waals surface area contributed by atoms with Gasteiger partial charge >= 0.3 is 0 Å². The Bertz CT molecular complexity index is 752. The molecule has 0 bridgehead atoms. The smallest absolute Gasteiger partial charge is 0.251 e. The fourth-order valence-corrected chi connectivity index (χ4v) is 3.45. The normalized spacial score (nSPS) is 14.4. The van der Waals surface area contributed by atoms with Gasteiger partial charge in [-0.15, -0.1) is 0 Å². The molecule has 1 amide bonds. The Morgan fingerprint density at radius 1 is 1.12 bits per heavy atom. The third-order valence-corrected chi connectivity index (χ3v) is 4.89. The monoisotopic (exact) mass is 352 g/mol. The van der Waals surface area contributed by atoms with Crippen LogP contribution in [0.15, 0.2) is 42.5 Å². The molecule has 3 rings (SSSR count). The molecule has 138 valence electrons. The predicted molar refractivity (Wildman–Crippen MR) is 104 cm³/mol. The van der Waals surface area contributed by atoms with Crippen LogP contribution in [0.2, 0.25) is 0 Å². The van der Waals surface area contributed by atoms with Crippen LogP contribution < -0.4 is 10.1 Å². The van der Waals surface area contributed by atoms with Gasteiger partial charge in [-0.3, -0.25) is 9.69 Å². The molecular formula is C22H28N2O2. The topological polar surface area (TPSA) is 41.6 Å². The molecule has 1 aliphatic rings. The highest BCUT2D eigenvalue weighted by molar-refractivity contribution is 5.94. The summed E-state index contributed by atoms with van der Waals surface area (Å²) in [6.07, 6.45) is 2.58. The zero-order valence-corrected chi connectivity index (χ0v) is 15.8. The molecule has 1 N–H and O–H groups in total. The number of likely N-dealkylation sites (tertiary alicyclic amines) is 1. The van der Waals surface area contributed by atoms with E-state index in [9.17, 15) is 4.79 Å². The van der Waals surface area contributed by atoms with Gasteiger partial charge in [-0.1, -0.05) is 24.3 Å². The van der Waals surface area contributed by atoms with Gasteiger partial charge in [0.1, 0.15) is 5.75 Å². The summed E-state index contributed by atoms with van der Waals surface area (Å²) in [5.41, 5.74) is 4.14. The van der Waals surface area contributed by atoms with Crippen molar-refractivity contribution >= 4 is 5.91 Å². The Kier molecular flexibility index (Phi) is 6.29. The highest BCUT2D eigenvalue weighted by atomic mass is 16.5. The van der Waals surface area contributed by atoms with Crippen molar-refractivity contribution in [1.82, 2.24) is 10.2 Å². The quantitative estimate of drug-likeness (QED) is 0.821. The Morgan fingerprint density at radius 2 is 1.85 bits per heavy atom. The molecule has 0 atom stereocenters. The van der Waals surface area contributed by atoms with Crippen LogP contribution in [0.4, 0.5) is 0 Å². The zero-order chi connectivity index (χ0) is 18.4. The van der Waals surface area contributed by atoms with Gasteiger partial charge in [0.05, 0.1) is 6.61 Å². The molecular weight excluding hydrogens is 324 g/mol. The number of hydrogen-bond donors (Lipinski definition) is 1. The summed E-state index contributed by atoms with van der Waals surface area (Å²) in [5.74, 6) is 0.784. The lowest BCUT2D eigenvalue weighted by molar-refractivity contribution is 0.0950. The maximum atomic E-state index is 12.5. The predicted octanol–water partition coefficient (Wildman–Crippen LogP) is 3.92. The van der Waals surface area contributed by atoms with Crippen molar-refractivity contribution in [2.45, 2.75) is 39.8 Å². The second kappa shape index (κ2) is 8.86. The van der Waals surface area contributed by atoms with Crippen molar-refractivity contribution in [3.8, 4) is 5.75 Å². The van der Waals surface area contributed by atoms with E-state index in [-0.39, 0.29) is 5.91 Å². The summed E-state index contributed by atoms with van der Waals surface area (Å²) in [4.78, 5) is 15.0. The SMILES string of the molecule is CCOc1ccc(C(=O)NCc2ccccc2CN2CCCC2)cc1C. The molecule has 0 saturated carbocycles. The van der Waals surface area contributed by atoms with E-state index in [1.54, 1.807) is 0 Å². The summed E-state index contributed by atoms with van der Waals surface area (Å²) < 4.78 is 5.54. The molecule has 0 radical (unpaired) electrons. The second-order valence-electron chi connectivity index (χ2n) is 6.85. The van der Waals surface area contributed by atoms with Crippen molar-refractivity contribution in [2.24, 2.45) is 0 Å². The summed E-state index contributed by atoms with van der Waals surface area (Å²) in [6, 6.07) is 14.0. The van der Waals surface area contributed by atoms with Gasteiger partial charge < -0.3 is 10.1 Å². The van der Waals surface area contributed by atoms with Crippen LogP contribution >= 0.6 is 0 Å². The van der Waals surface area contributed by atoms with Crippen LogP contribution in [-0.4, -0.2) is 30.5 Å². The molecule has 1 aliphatic heterocycles. The van der Waals surface area contributed by atoms with E-state index in [0.717, 1.165) is 17.9 Å². The molecule has 0 aliphatic carbocycles. The number of rotatable bonds is 7. The molecule has 0 spiro atoms. The van der Waals surface area contributed by atoms with E-state index in [4.69, 9.17) is 4.74 Å². The molecule has 1 saturated heterocycles. The van der Waals surface area contributed by atoms with Crippen molar-refractivity contribution in [3.05, 3.63) is 64.7 Å². The minimum atomic E-state index is -0.0490. The highest BCUT2D eigenvalue weighted by Gasteiger charge is 2.14. The number of nitrogens with one attached hydrogen (secondary N) is 1. The minimum Gasteiger partial charge on any atom is -0.494 e. The van der Waals surface area contributed by atoms with Crippen LogP contribution in [0.25, 0.3) is 0 Å². The lowest BCUT2D eigenvalue weighted by Crippen LogP contribution is -2.25. The molecule has 1 fully saturated rings. The number of hydrogen-bond acceptors (Lipinski definition) is 3. The fraction of sp³-hybridized carbons (Fsp3) is 0.409. The van der Waals surface area contributed by atoms with Crippen LogP contribution in [0.1, 0.15) is 46.8 Å². The first-order chi connectivity index (χ1) is 12.7. The highest BCUT2D eigenvalue weighted by Crippen LogP contribution is 2.20. The van der Waals surface area contributed by atoms with Gasteiger partial charge in [0.15, 0.2) is 0 Å². The first-order valence-electron chi connectivity index (χ1n) is 9.48. The van der Waals surface area contributed by atoms with Gasteiger partial charge in [-0.05, 0) is 74.7 Å². The molecule has 4 heteroatoms. The molecule has 0 aromatic heterocycles. The van der Waals surface area contributed by atoms with Gasteiger partial charge in [-0.25, -0.2) is 0 Å². The van der Waals surface area contributed by atoms with Gasteiger partial charge in [0.2, 0.25) is 0 Å².